The van der Waals surface area contributed by atoms with Gasteiger partial charge in [0, 0.05) is 16.6 Å². The molecule has 0 fully saturated rings. The molecule has 68 valence electrons. The number of aryl methyl sites for hydroxylation is 1. The molecule has 1 aliphatic carbocycles. The van der Waals surface area contributed by atoms with Gasteiger partial charge in [-0.2, -0.15) is 0 Å². The van der Waals surface area contributed by atoms with Crippen molar-refractivity contribution in [3.05, 3.63) is 22.2 Å². The van der Waals surface area contributed by atoms with Crippen LogP contribution >= 0.6 is 23.8 Å². The van der Waals surface area contributed by atoms with Gasteiger partial charge in [0.05, 0.1) is 0 Å². The van der Waals surface area contributed by atoms with Crippen molar-refractivity contribution in [1.29, 1.82) is 0 Å². The number of halogens is 1. The molecule has 13 heavy (non-hydrogen) atoms. The Morgan fingerprint density at radius 3 is 2.77 bits per heavy atom. The molecule has 4 heteroatoms. The smallest absolute Gasteiger partial charge is 0.164 e. The van der Waals surface area contributed by atoms with E-state index in [1.165, 1.54) is 18.2 Å². The van der Waals surface area contributed by atoms with Gasteiger partial charge in [0.2, 0.25) is 0 Å². The molecule has 0 saturated heterocycles. The highest BCUT2D eigenvalue weighted by molar-refractivity contribution is 7.79. The number of hydrogen-bond donors (Lipinski definition) is 0. The highest BCUT2D eigenvalue weighted by atomic mass is 35.5. The summed E-state index contributed by atoms with van der Waals surface area (Å²) in [5.74, 6) is 0.570. The van der Waals surface area contributed by atoms with E-state index in [1.54, 1.807) is 0 Å². The van der Waals surface area contributed by atoms with Crippen LogP contribution in [0.5, 0.6) is 0 Å². The standard InChI is InChI=1S/C9H9ClN2S/c10-9-6-3-1-2-4-7(6)11-8(5-13)12-9/h5H,1-4H2. The molecule has 0 N–H and O–H groups in total. The molecule has 0 spiro atoms. The second-order valence-electron chi connectivity index (χ2n) is 3.12. The maximum atomic E-state index is 6.01. The summed E-state index contributed by atoms with van der Waals surface area (Å²) in [5, 5.41) is 2.06. The van der Waals surface area contributed by atoms with Crippen molar-refractivity contribution < 1.29 is 0 Å². The third kappa shape index (κ3) is 1.71. The summed E-state index contributed by atoms with van der Waals surface area (Å²) in [4.78, 5) is 8.44. The van der Waals surface area contributed by atoms with Gasteiger partial charge in [0.25, 0.3) is 0 Å². The fourth-order valence-electron chi connectivity index (χ4n) is 1.62. The quantitative estimate of drug-likeness (QED) is 0.528. The summed E-state index contributed by atoms with van der Waals surface area (Å²) >= 11 is 10.8. The Labute approximate surface area is 87.4 Å². The second-order valence-corrected chi connectivity index (χ2v) is 3.72. The Hall–Kier alpha value is -0.540. The van der Waals surface area contributed by atoms with E-state index < -0.39 is 0 Å². The van der Waals surface area contributed by atoms with Crippen LogP contribution in [0.4, 0.5) is 0 Å². The lowest BCUT2D eigenvalue weighted by atomic mass is 9.97. The zero-order valence-corrected chi connectivity index (χ0v) is 8.66. The number of hydrogen-bond acceptors (Lipinski definition) is 3. The molecule has 0 bridgehead atoms. The van der Waals surface area contributed by atoms with E-state index in [-0.39, 0.29) is 0 Å². The molecule has 0 radical (unpaired) electrons. The zero-order valence-electron chi connectivity index (χ0n) is 7.09. The van der Waals surface area contributed by atoms with Crippen LogP contribution in [0.15, 0.2) is 0 Å². The van der Waals surface area contributed by atoms with E-state index in [9.17, 15) is 0 Å². The van der Waals surface area contributed by atoms with E-state index in [0.29, 0.717) is 11.0 Å². The molecule has 1 aliphatic rings. The van der Waals surface area contributed by atoms with Gasteiger partial charge in [-0.05, 0) is 25.7 Å². The lowest BCUT2D eigenvalue weighted by Gasteiger charge is -2.15. The first-order valence-corrected chi connectivity index (χ1v) is 5.16. The number of thiocarbonyl (C=S) groups is 1. The van der Waals surface area contributed by atoms with Crippen LogP contribution in [0.3, 0.4) is 0 Å². The van der Waals surface area contributed by atoms with Gasteiger partial charge in [0.15, 0.2) is 5.82 Å². The summed E-state index contributed by atoms with van der Waals surface area (Å²) in [6.45, 7) is 0. The third-order valence-electron chi connectivity index (χ3n) is 2.26. The van der Waals surface area contributed by atoms with E-state index >= 15 is 0 Å². The topological polar surface area (TPSA) is 25.8 Å². The van der Waals surface area contributed by atoms with Gasteiger partial charge in [-0.15, -0.1) is 0 Å². The number of aromatic nitrogens is 2. The Kier molecular flexibility index (Phi) is 2.56. The normalized spacial score (nSPS) is 15.2. The van der Waals surface area contributed by atoms with E-state index in [0.717, 1.165) is 24.1 Å². The van der Waals surface area contributed by atoms with Crippen molar-refractivity contribution in [3.8, 4) is 0 Å². The first-order valence-electron chi connectivity index (χ1n) is 4.31. The van der Waals surface area contributed by atoms with Crippen LogP contribution in [0.2, 0.25) is 5.15 Å². The molecule has 0 saturated carbocycles. The van der Waals surface area contributed by atoms with Crippen molar-refractivity contribution in [1.82, 2.24) is 9.97 Å². The van der Waals surface area contributed by atoms with Crippen molar-refractivity contribution in [3.63, 3.8) is 0 Å². The highest BCUT2D eigenvalue weighted by Gasteiger charge is 2.15. The van der Waals surface area contributed by atoms with Gasteiger partial charge in [0.1, 0.15) is 5.15 Å². The molecule has 0 amide bonds. The van der Waals surface area contributed by atoms with Crippen LogP contribution in [0.25, 0.3) is 0 Å². The van der Waals surface area contributed by atoms with Crippen molar-refractivity contribution in [2.24, 2.45) is 0 Å². The molecule has 1 heterocycles. The molecule has 1 aromatic rings. The monoisotopic (exact) mass is 212 g/mol. The number of rotatable bonds is 1. The minimum absolute atomic E-state index is 0.570. The van der Waals surface area contributed by atoms with Gasteiger partial charge in [-0.3, -0.25) is 0 Å². The molecule has 0 atom stereocenters. The summed E-state index contributed by atoms with van der Waals surface area (Å²) in [6, 6.07) is 0. The van der Waals surface area contributed by atoms with Gasteiger partial charge < -0.3 is 0 Å². The molecule has 2 rings (SSSR count). The Morgan fingerprint density at radius 1 is 1.23 bits per heavy atom. The first-order chi connectivity index (χ1) is 6.31. The van der Waals surface area contributed by atoms with Crippen LogP contribution in [0, 0.1) is 0 Å². The maximum absolute atomic E-state index is 6.01. The molecule has 1 aromatic heterocycles. The van der Waals surface area contributed by atoms with Crippen molar-refractivity contribution in [2.75, 3.05) is 0 Å². The van der Waals surface area contributed by atoms with Crippen LogP contribution in [0.1, 0.15) is 29.9 Å². The van der Waals surface area contributed by atoms with Crippen molar-refractivity contribution in [2.45, 2.75) is 25.7 Å². The van der Waals surface area contributed by atoms with Gasteiger partial charge in [-0.1, -0.05) is 23.8 Å². The van der Waals surface area contributed by atoms with Gasteiger partial charge in [-0.25, -0.2) is 9.97 Å². The molecular formula is C9H9ClN2S. The van der Waals surface area contributed by atoms with Crippen molar-refractivity contribution >= 4 is 29.2 Å². The predicted octanol–water partition coefficient (Wildman–Crippen LogP) is 2.36. The average molecular weight is 213 g/mol. The second kappa shape index (κ2) is 3.68. The Bertz CT molecular complexity index is 352. The molecule has 0 unspecified atom stereocenters. The zero-order chi connectivity index (χ0) is 9.26. The summed E-state index contributed by atoms with van der Waals surface area (Å²) in [7, 11) is 0. The average Bonchev–Trinajstić information content (AvgIpc) is 2.18. The summed E-state index contributed by atoms with van der Waals surface area (Å²) < 4.78 is 0. The highest BCUT2D eigenvalue weighted by Crippen LogP contribution is 2.24. The molecular weight excluding hydrogens is 204 g/mol. The SMILES string of the molecule is S=Cc1nc(Cl)c2c(n1)CCCC2. The Balaban J connectivity index is 2.52. The number of nitrogens with zero attached hydrogens (tertiary/aromatic N) is 2. The summed E-state index contributed by atoms with van der Waals surface area (Å²) in [6.07, 6.45) is 4.39. The molecule has 0 aliphatic heterocycles. The minimum atomic E-state index is 0.570. The van der Waals surface area contributed by atoms with Gasteiger partial charge >= 0.3 is 0 Å². The maximum Gasteiger partial charge on any atom is 0.164 e. The van der Waals surface area contributed by atoms with Crippen LogP contribution < -0.4 is 0 Å². The molecule has 0 aromatic carbocycles. The lowest BCUT2D eigenvalue weighted by molar-refractivity contribution is 0.661. The largest absolute Gasteiger partial charge is 0.232 e. The Morgan fingerprint density at radius 2 is 2.00 bits per heavy atom. The third-order valence-corrected chi connectivity index (χ3v) is 2.78. The predicted molar refractivity (Wildman–Crippen MR) is 56.4 cm³/mol. The fraction of sp³-hybridized carbons (Fsp3) is 0.444. The minimum Gasteiger partial charge on any atom is -0.232 e. The summed E-state index contributed by atoms with van der Waals surface area (Å²) in [5.41, 5.74) is 2.20. The van der Waals surface area contributed by atoms with Crippen LogP contribution in [-0.2, 0) is 12.8 Å². The van der Waals surface area contributed by atoms with E-state index in [2.05, 4.69) is 9.97 Å². The van der Waals surface area contributed by atoms with E-state index in [1.807, 2.05) is 0 Å². The van der Waals surface area contributed by atoms with E-state index in [4.69, 9.17) is 23.8 Å². The first kappa shape index (κ1) is 9.03. The number of fused-ring (bicyclic) bond motifs is 1. The lowest BCUT2D eigenvalue weighted by Crippen LogP contribution is -2.09. The molecule has 2 nitrogen and oxygen atoms in total. The fourth-order valence-corrected chi connectivity index (χ4v) is 2.01. The van der Waals surface area contributed by atoms with Crippen LogP contribution in [-0.4, -0.2) is 15.3 Å².